The molecule has 172 valence electrons. The fourth-order valence-electron chi connectivity index (χ4n) is 4.41. The summed E-state index contributed by atoms with van der Waals surface area (Å²) in [5.74, 6) is 1.87. The topological polar surface area (TPSA) is 105 Å². The molecule has 2 aromatic carbocycles. The zero-order valence-corrected chi connectivity index (χ0v) is 19.3. The molecule has 1 aliphatic rings. The zero-order valence-electron chi connectivity index (χ0n) is 19.3. The minimum atomic E-state index is -0.0620. The van der Waals surface area contributed by atoms with Gasteiger partial charge in [-0.2, -0.15) is 5.21 Å². The molecule has 3 aromatic heterocycles. The Morgan fingerprint density at radius 3 is 2.63 bits per heavy atom. The SMILES string of the molecule is CC(C)n1ccnc1-c1cccc(N2Cc3ccc(-c4cccc(-c5nn[nH]n5)c4)cc3C2=O)n1. The molecule has 0 radical (unpaired) electrons. The first-order valence-electron chi connectivity index (χ1n) is 11.4. The highest BCUT2D eigenvalue weighted by Gasteiger charge is 2.30. The number of carbonyl (C=O) groups excluding carboxylic acids is 1. The van der Waals surface area contributed by atoms with Gasteiger partial charge in [-0.1, -0.05) is 36.4 Å². The molecule has 6 rings (SSSR count). The number of hydrogen-bond acceptors (Lipinski definition) is 6. The monoisotopic (exact) mass is 462 g/mol. The molecular formula is C26H22N8O. The van der Waals surface area contributed by atoms with E-state index in [0.717, 1.165) is 33.8 Å². The summed E-state index contributed by atoms with van der Waals surface area (Å²) in [6, 6.07) is 19.8. The van der Waals surface area contributed by atoms with E-state index in [1.807, 2.05) is 66.9 Å². The maximum absolute atomic E-state index is 13.4. The molecule has 0 fully saturated rings. The number of nitrogens with zero attached hydrogens (tertiary/aromatic N) is 7. The number of benzene rings is 2. The molecule has 0 saturated heterocycles. The van der Waals surface area contributed by atoms with Crippen LogP contribution in [0.4, 0.5) is 5.82 Å². The number of pyridine rings is 1. The van der Waals surface area contributed by atoms with Crippen molar-refractivity contribution in [2.45, 2.75) is 26.4 Å². The molecule has 0 saturated carbocycles. The summed E-state index contributed by atoms with van der Waals surface area (Å²) in [4.78, 5) is 24.4. The molecule has 1 aliphatic heterocycles. The summed E-state index contributed by atoms with van der Waals surface area (Å²) >= 11 is 0. The second kappa shape index (κ2) is 8.28. The lowest BCUT2D eigenvalue weighted by atomic mass is 9.99. The number of tetrazole rings is 1. The fourth-order valence-corrected chi connectivity index (χ4v) is 4.41. The Bertz CT molecular complexity index is 1540. The van der Waals surface area contributed by atoms with Crippen molar-refractivity contribution >= 4 is 11.7 Å². The number of fused-ring (bicyclic) bond motifs is 1. The number of amides is 1. The Morgan fingerprint density at radius 1 is 0.971 bits per heavy atom. The van der Waals surface area contributed by atoms with E-state index in [9.17, 15) is 4.79 Å². The van der Waals surface area contributed by atoms with Gasteiger partial charge in [-0.15, -0.1) is 10.2 Å². The molecule has 0 atom stereocenters. The minimum absolute atomic E-state index is 0.0620. The van der Waals surface area contributed by atoms with Crippen LogP contribution in [0.2, 0.25) is 0 Å². The van der Waals surface area contributed by atoms with E-state index in [2.05, 4.69) is 44.0 Å². The lowest BCUT2D eigenvalue weighted by Crippen LogP contribution is -2.24. The van der Waals surface area contributed by atoms with Gasteiger partial charge in [-0.3, -0.25) is 9.69 Å². The summed E-state index contributed by atoms with van der Waals surface area (Å²) in [5, 5.41) is 14.2. The largest absolute Gasteiger partial charge is 0.327 e. The van der Waals surface area contributed by atoms with E-state index in [-0.39, 0.29) is 11.9 Å². The van der Waals surface area contributed by atoms with Crippen molar-refractivity contribution < 1.29 is 4.79 Å². The number of nitrogens with one attached hydrogen (secondary N) is 1. The van der Waals surface area contributed by atoms with E-state index < -0.39 is 0 Å². The van der Waals surface area contributed by atoms with Crippen LogP contribution in [0.15, 0.2) is 73.1 Å². The van der Waals surface area contributed by atoms with E-state index >= 15 is 0 Å². The third-order valence-corrected chi connectivity index (χ3v) is 6.18. The Hall–Kier alpha value is -4.66. The highest BCUT2D eigenvalue weighted by molar-refractivity contribution is 6.10. The maximum atomic E-state index is 13.4. The van der Waals surface area contributed by atoms with Gasteiger partial charge in [0.2, 0.25) is 5.82 Å². The van der Waals surface area contributed by atoms with Crippen LogP contribution in [0, 0.1) is 0 Å². The quantitative estimate of drug-likeness (QED) is 0.411. The van der Waals surface area contributed by atoms with Crippen molar-refractivity contribution in [2.24, 2.45) is 0 Å². The number of hydrogen-bond donors (Lipinski definition) is 1. The molecule has 4 heterocycles. The molecule has 5 aromatic rings. The van der Waals surface area contributed by atoms with E-state index in [1.165, 1.54) is 0 Å². The number of imidazole rings is 1. The van der Waals surface area contributed by atoms with Crippen LogP contribution < -0.4 is 4.90 Å². The molecule has 9 nitrogen and oxygen atoms in total. The van der Waals surface area contributed by atoms with Gasteiger partial charge in [-0.25, -0.2) is 9.97 Å². The first kappa shape index (κ1) is 20.9. The molecule has 0 bridgehead atoms. The van der Waals surface area contributed by atoms with Crippen LogP contribution in [0.3, 0.4) is 0 Å². The van der Waals surface area contributed by atoms with Gasteiger partial charge in [0.15, 0.2) is 5.82 Å². The first-order chi connectivity index (χ1) is 17.1. The highest BCUT2D eigenvalue weighted by atomic mass is 16.2. The van der Waals surface area contributed by atoms with Gasteiger partial charge in [0.1, 0.15) is 11.5 Å². The van der Waals surface area contributed by atoms with Crippen molar-refractivity contribution in [1.82, 2.24) is 35.2 Å². The Morgan fingerprint density at radius 2 is 1.80 bits per heavy atom. The van der Waals surface area contributed by atoms with Gasteiger partial charge in [0, 0.05) is 29.6 Å². The van der Waals surface area contributed by atoms with Crippen LogP contribution >= 0.6 is 0 Å². The summed E-state index contributed by atoms with van der Waals surface area (Å²) in [6.07, 6.45) is 3.72. The van der Waals surface area contributed by atoms with Gasteiger partial charge < -0.3 is 4.57 Å². The smallest absolute Gasteiger partial charge is 0.260 e. The average molecular weight is 463 g/mol. The number of anilines is 1. The van der Waals surface area contributed by atoms with E-state index in [1.54, 1.807) is 11.1 Å². The summed E-state index contributed by atoms with van der Waals surface area (Å²) in [5.41, 5.74) is 5.17. The standard InChI is InChI=1S/C26H22N8O/c1-16(2)33-12-11-27-25(33)22-7-4-8-23(28-22)34-15-20-10-9-18(14-21(20)26(34)35)17-5-3-6-19(13-17)24-29-31-32-30-24/h3-14,16H,15H2,1-2H3,(H,29,30,31,32). The van der Waals surface area contributed by atoms with Crippen molar-refractivity contribution in [3.63, 3.8) is 0 Å². The molecular weight excluding hydrogens is 440 g/mol. The normalized spacial score (nSPS) is 13.0. The minimum Gasteiger partial charge on any atom is -0.327 e. The van der Waals surface area contributed by atoms with E-state index in [0.29, 0.717) is 23.8 Å². The molecule has 0 aliphatic carbocycles. The molecule has 1 N–H and O–H groups in total. The molecule has 0 spiro atoms. The third kappa shape index (κ3) is 3.67. The Balaban J connectivity index is 1.31. The second-order valence-electron chi connectivity index (χ2n) is 8.71. The van der Waals surface area contributed by atoms with Crippen LogP contribution in [-0.4, -0.2) is 41.1 Å². The van der Waals surface area contributed by atoms with Crippen molar-refractivity contribution in [3.8, 4) is 34.0 Å². The maximum Gasteiger partial charge on any atom is 0.260 e. The zero-order chi connectivity index (χ0) is 23.9. The Labute approximate surface area is 201 Å². The number of aromatic nitrogens is 7. The van der Waals surface area contributed by atoms with Gasteiger partial charge in [-0.05, 0) is 60.0 Å². The predicted octanol–water partition coefficient (Wildman–Crippen LogP) is 4.53. The van der Waals surface area contributed by atoms with Gasteiger partial charge >= 0.3 is 0 Å². The lowest BCUT2D eigenvalue weighted by molar-refractivity contribution is 0.0996. The number of H-pyrrole nitrogens is 1. The molecule has 35 heavy (non-hydrogen) atoms. The predicted molar refractivity (Wildman–Crippen MR) is 131 cm³/mol. The number of carbonyl (C=O) groups is 1. The highest BCUT2D eigenvalue weighted by Crippen LogP contribution is 2.33. The molecule has 0 unspecified atom stereocenters. The van der Waals surface area contributed by atoms with Crippen LogP contribution in [0.25, 0.3) is 34.0 Å². The first-order valence-corrected chi connectivity index (χ1v) is 11.4. The summed E-state index contributed by atoms with van der Waals surface area (Å²) in [6.45, 7) is 4.68. The van der Waals surface area contributed by atoms with Gasteiger partial charge in [0.05, 0.1) is 6.54 Å². The van der Waals surface area contributed by atoms with E-state index in [4.69, 9.17) is 4.98 Å². The summed E-state index contributed by atoms with van der Waals surface area (Å²) in [7, 11) is 0. The van der Waals surface area contributed by atoms with Crippen molar-refractivity contribution in [1.29, 1.82) is 0 Å². The van der Waals surface area contributed by atoms with Crippen LogP contribution in [-0.2, 0) is 6.54 Å². The van der Waals surface area contributed by atoms with Crippen molar-refractivity contribution in [3.05, 3.63) is 84.2 Å². The Kier molecular flexibility index (Phi) is 4.95. The van der Waals surface area contributed by atoms with Crippen molar-refractivity contribution in [2.75, 3.05) is 4.90 Å². The fraction of sp³-hybridized carbons (Fsp3) is 0.154. The average Bonchev–Trinajstić information content (AvgIpc) is 3.65. The second-order valence-corrected chi connectivity index (χ2v) is 8.71. The number of aromatic amines is 1. The third-order valence-electron chi connectivity index (χ3n) is 6.18. The summed E-state index contributed by atoms with van der Waals surface area (Å²) < 4.78 is 2.07. The molecule has 9 heteroatoms. The number of rotatable bonds is 5. The van der Waals surface area contributed by atoms with Crippen LogP contribution in [0.1, 0.15) is 35.8 Å². The molecule has 1 amide bonds. The van der Waals surface area contributed by atoms with Crippen LogP contribution in [0.5, 0.6) is 0 Å². The lowest BCUT2D eigenvalue weighted by Gasteiger charge is -2.16. The van der Waals surface area contributed by atoms with Gasteiger partial charge in [0.25, 0.3) is 5.91 Å².